The molecule has 0 bridgehead atoms. The SMILES string of the molecule is CC(CC(=O)NCCC(=O)NCc1ccccc1)C1CCCNC1. The second kappa shape index (κ2) is 10.1. The van der Waals surface area contributed by atoms with E-state index in [4.69, 9.17) is 0 Å². The Hall–Kier alpha value is -1.88. The maximum absolute atomic E-state index is 12.0. The first kappa shape index (κ1) is 18.5. The normalized spacial score (nSPS) is 18.6. The molecule has 5 heteroatoms. The van der Waals surface area contributed by atoms with Crippen molar-refractivity contribution in [1.82, 2.24) is 16.0 Å². The zero-order chi connectivity index (χ0) is 17.2. The summed E-state index contributed by atoms with van der Waals surface area (Å²) in [6.45, 7) is 5.17. The van der Waals surface area contributed by atoms with E-state index in [1.54, 1.807) is 0 Å². The Kier molecular flexibility index (Phi) is 7.75. The molecule has 1 aromatic carbocycles. The van der Waals surface area contributed by atoms with Gasteiger partial charge in [-0.1, -0.05) is 37.3 Å². The van der Waals surface area contributed by atoms with E-state index in [1.807, 2.05) is 30.3 Å². The highest BCUT2D eigenvalue weighted by Crippen LogP contribution is 2.22. The molecule has 0 radical (unpaired) electrons. The van der Waals surface area contributed by atoms with Crippen LogP contribution < -0.4 is 16.0 Å². The lowest BCUT2D eigenvalue weighted by Gasteiger charge is -2.28. The number of carbonyl (C=O) groups is 2. The Bertz CT molecular complexity index is 513. The molecule has 5 nitrogen and oxygen atoms in total. The van der Waals surface area contributed by atoms with Crippen molar-refractivity contribution in [3.05, 3.63) is 35.9 Å². The van der Waals surface area contributed by atoms with Gasteiger partial charge < -0.3 is 16.0 Å². The van der Waals surface area contributed by atoms with Crippen molar-refractivity contribution in [3.63, 3.8) is 0 Å². The zero-order valence-corrected chi connectivity index (χ0v) is 14.5. The van der Waals surface area contributed by atoms with Gasteiger partial charge in [-0.25, -0.2) is 0 Å². The highest BCUT2D eigenvalue weighted by atomic mass is 16.2. The van der Waals surface area contributed by atoms with Crippen LogP contribution in [-0.2, 0) is 16.1 Å². The molecule has 1 aromatic rings. The Balaban J connectivity index is 1.57. The van der Waals surface area contributed by atoms with Crippen molar-refractivity contribution >= 4 is 11.8 Å². The molecule has 0 spiro atoms. The summed E-state index contributed by atoms with van der Waals surface area (Å²) in [5.41, 5.74) is 1.07. The van der Waals surface area contributed by atoms with Gasteiger partial charge in [-0.05, 0) is 43.3 Å². The van der Waals surface area contributed by atoms with E-state index in [0.717, 1.165) is 18.7 Å². The van der Waals surface area contributed by atoms with E-state index in [9.17, 15) is 9.59 Å². The number of hydrogen-bond donors (Lipinski definition) is 3. The Morgan fingerprint density at radius 3 is 2.71 bits per heavy atom. The Labute approximate surface area is 144 Å². The van der Waals surface area contributed by atoms with Crippen molar-refractivity contribution in [2.24, 2.45) is 11.8 Å². The van der Waals surface area contributed by atoms with E-state index >= 15 is 0 Å². The average Bonchev–Trinajstić information content (AvgIpc) is 2.61. The van der Waals surface area contributed by atoms with Gasteiger partial charge in [-0.3, -0.25) is 9.59 Å². The highest BCUT2D eigenvalue weighted by Gasteiger charge is 2.21. The minimum atomic E-state index is -0.0383. The maximum atomic E-state index is 12.0. The van der Waals surface area contributed by atoms with Crippen molar-refractivity contribution in [1.29, 1.82) is 0 Å². The molecule has 1 fully saturated rings. The van der Waals surface area contributed by atoms with Crippen LogP contribution in [0, 0.1) is 11.8 Å². The molecule has 24 heavy (non-hydrogen) atoms. The van der Waals surface area contributed by atoms with E-state index in [-0.39, 0.29) is 11.8 Å². The first-order chi connectivity index (χ1) is 11.6. The van der Waals surface area contributed by atoms with Crippen LogP contribution in [-0.4, -0.2) is 31.4 Å². The third-order valence-corrected chi connectivity index (χ3v) is 4.65. The lowest BCUT2D eigenvalue weighted by atomic mass is 9.85. The minimum absolute atomic E-state index is 0.0383. The molecule has 1 aliphatic heterocycles. The van der Waals surface area contributed by atoms with E-state index in [2.05, 4.69) is 22.9 Å². The minimum Gasteiger partial charge on any atom is -0.356 e. The quantitative estimate of drug-likeness (QED) is 0.681. The second-order valence-corrected chi connectivity index (χ2v) is 6.65. The summed E-state index contributed by atoms with van der Waals surface area (Å²) < 4.78 is 0. The average molecular weight is 331 g/mol. The van der Waals surface area contributed by atoms with Crippen LogP contribution in [0.3, 0.4) is 0 Å². The van der Waals surface area contributed by atoms with Gasteiger partial charge in [0, 0.05) is 25.9 Å². The van der Waals surface area contributed by atoms with Gasteiger partial charge >= 0.3 is 0 Å². The second-order valence-electron chi connectivity index (χ2n) is 6.65. The molecule has 2 amide bonds. The standard InChI is InChI=1S/C19H29N3O2/c1-15(17-8-5-10-20-14-17)12-19(24)21-11-9-18(23)22-13-16-6-3-2-4-7-16/h2-4,6-7,15,17,20H,5,8-14H2,1H3,(H,21,24)(H,22,23). The molecule has 1 saturated heterocycles. The summed E-state index contributed by atoms with van der Waals surface area (Å²) in [5, 5.41) is 9.12. The highest BCUT2D eigenvalue weighted by molar-refractivity contribution is 5.79. The molecule has 132 valence electrons. The van der Waals surface area contributed by atoms with Crippen LogP contribution in [0.25, 0.3) is 0 Å². The van der Waals surface area contributed by atoms with Gasteiger partial charge in [0.15, 0.2) is 0 Å². The maximum Gasteiger partial charge on any atom is 0.222 e. The predicted octanol–water partition coefficient (Wildman–Crippen LogP) is 1.83. The number of benzene rings is 1. The van der Waals surface area contributed by atoms with E-state index < -0.39 is 0 Å². The molecule has 1 aliphatic rings. The molecular weight excluding hydrogens is 302 g/mol. The fourth-order valence-electron chi connectivity index (χ4n) is 3.10. The fraction of sp³-hybridized carbons (Fsp3) is 0.579. The lowest BCUT2D eigenvalue weighted by molar-refractivity contribution is -0.123. The molecule has 3 N–H and O–H groups in total. The summed E-state index contributed by atoms with van der Waals surface area (Å²) in [4.78, 5) is 23.8. The number of carbonyl (C=O) groups excluding carboxylic acids is 2. The molecule has 0 aliphatic carbocycles. The summed E-state index contributed by atoms with van der Waals surface area (Å²) >= 11 is 0. The molecule has 0 aromatic heterocycles. The van der Waals surface area contributed by atoms with Gasteiger partial charge in [-0.2, -0.15) is 0 Å². The number of amides is 2. The largest absolute Gasteiger partial charge is 0.356 e. The molecule has 2 rings (SSSR count). The summed E-state index contributed by atoms with van der Waals surface area (Å²) in [5.74, 6) is 0.969. The van der Waals surface area contributed by atoms with Gasteiger partial charge in [-0.15, -0.1) is 0 Å². The van der Waals surface area contributed by atoms with Gasteiger partial charge in [0.25, 0.3) is 0 Å². The Morgan fingerprint density at radius 2 is 2.00 bits per heavy atom. The zero-order valence-electron chi connectivity index (χ0n) is 14.5. The number of piperidine rings is 1. The molecule has 1 heterocycles. The van der Waals surface area contributed by atoms with Crippen LogP contribution in [0.1, 0.15) is 38.2 Å². The van der Waals surface area contributed by atoms with E-state index in [1.165, 1.54) is 12.8 Å². The first-order valence-corrected chi connectivity index (χ1v) is 8.93. The van der Waals surface area contributed by atoms with E-state index in [0.29, 0.717) is 37.8 Å². The first-order valence-electron chi connectivity index (χ1n) is 8.93. The smallest absolute Gasteiger partial charge is 0.222 e. The van der Waals surface area contributed by atoms with Crippen LogP contribution in [0.2, 0.25) is 0 Å². The topological polar surface area (TPSA) is 70.2 Å². The van der Waals surface area contributed by atoms with Crippen molar-refractivity contribution in [3.8, 4) is 0 Å². The van der Waals surface area contributed by atoms with Crippen molar-refractivity contribution < 1.29 is 9.59 Å². The van der Waals surface area contributed by atoms with Crippen LogP contribution >= 0.6 is 0 Å². The summed E-state index contributed by atoms with van der Waals surface area (Å²) in [6, 6.07) is 9.80. The van der Waals surface area contributed by atoms with Crippen molar-refractivity contribution in [2.75, 3.05) is 19.6 Å². The monoisotopic (exact) mass is 331 g/mol. The van der Waals surface area contributed by atoms with Crippen molar-refractivity contribution in [2.45, 2.75) is 39.2 Å². The van der Waals surface area contributed by atoms with Gasteiger partial charge in [0.1, 0.15) is 0 Å². The molecule has 2 atom stereocenters. The van der Waals surface area contributed by atoms with Gasteiger partial charge in [0.05, 0.1) is 0 Å². The lowest BCUT2D eigenvalue weighted by Crippen LogP contribution is -2.36. The summed E-state index contributed by atoms with van der Waals surface area (Å²) in [7, 11) is 0. The number of hydrogen-bond acceptors (Lipinski definition) is 3. The summed E-state index contributed by atoms with van der Waals surface area (Å²) in [6.07, 6.45) is 3.25. The van der Waals surface area contributed by atoms with Crippen LogP contribution in [0.15, 0.2) is 30.3 Å². The number of nitrogens with one attached hydrogen (secondary N) is 3. The van der Waals surface area contributed by atoms with Crippen LogP contribution in [0.4, 0.5) is 0 Å². The third kappa shape index (κ3) is 6.71. The fourth-order valence-corrected chi connectivity index (χ4v) is 3.10. The number of rotatable bonds is 8. The Morgan fingerprint density at radius 1 is 1.21 bits per heavy atom. The third-order valence-electron chi connectivity index (χ3n) is 4.65. The molecule has 0 saturated carbocycles. The van der Waals surface area contributed by atoms with Gasteiger partial charge in [0.2, 0.25) is 11.8 Å². The predicted molar refractivity (Wildman–Crippen MR) is 95.3 cm³/mol. The molecule has 2 unspecified atom stereocenters. The molecular formula is C19H29N3O2. The van der Waals surface area contributed by atoms with Crippen LogP contribution in [0.5, 0.6) is 0 Å².